The average molecular weight is 439 g/mol. The monoisotopic (exact) mass is 439 g/mol. The quantitative estimate of drug-likeness (QED) is 0.396. The maximum Gasteiger partial charge on any atom is 0.190 e. The number of hydrogen-bond acceptors (Lipinski definition) is 2. The second-order valence-corrected chi connectivity index (χ2v) is 5.22. The smallest absolute Gasteiger partial charge is 0.190 e. The molecule has 2 rings (SSSR count). The van der Waals surface area contributed by atoms with Gasteiger partial charge in [-0.25, -0.2) is 0 Å². The summed E-state index contributed by atoms with van der Waals surface area (Å²) in [6.45, 7) is 1.67. The molecule has 5 heteroatoms. The van der Waals surface area contributed by atoms with Crippen molar-refractivity contribution in [1.82, 2.24) is 10.6 Å². The number of hydrogen-bond donors (Lipinski definition) is 2. The van der Waals surface area contributed by atoms with Gasteiger partial charge in [-0.05, 0) is 30.0 Å². The molecular formula is C19H26IN3O. The van der Waals surface area contributed by atoms with Crippen molar-refractivity contribution in [3.05, 3.63) is 65.7 Å². The molecule has 0 radical (unpaired) electrons. The Bertz CT molecular complexity index is 617. The van der Waals surface area contributed by atoms with Crippen molar-refractivity contribution in [2.24, 2.45) is 4.99 Å². The van der Waals surface area contributed by atoms with Crippen LogP contribution < -0.4 is 15.4 Å². The largest absolute Gasteiger partial charge is 0.496 e. The Morgan fingerprint density at radius 3 is 2.21 bits per heavy atom. The van der Waals surface area contributed by atoms with E-state index in [1.54, 1.807) is 14.2 Å². The third-order valence-electron chi connectivity index (χ3n) is 3.65. The Hall–Kier alpha value is -1.76. The van der Waals surface area contributed by atoms with Gasteiger partial charge in [0, 0.05) is 20.1 Å². The Kier molecular flexibility index (Phi) is 9.91. The second kappa shape index (κ2) is 11.7. The molecule has 0 saturated heterocycles. The molecule has 2 N–H and O–H groups in total. The standard InChI is InChI=1S/C19H25N3O.HI/c1-20-19(21-14-12-16-8-4-3-5-9-16)22-15-13-17-10-6-7-11-18(17)23-2;/h3-11H,12-15H2,1-2H3,(H2,20,21,22);1H. The summed E-state index contributed by atoms with van der Waals surface area (Å²) in [6.07, 6.45) is 1.87. The number of benzene rings is 2. The lowest BCUT2D eigenvalue weighted by atomic mass is 10.1. The number of guanidine groups is 1. The van der Waals surface area contributed by atoms with E-state index in [1.807, 2.05) is 24.3 Å². The van der Waals surface area contributed by atoms with E-state index in [4.69, 9.17) is 4.74 Å². The van der Waals surface area contributed by atoms with Crippen molar-refractivity contribution in [2.75, 3.05) is 27.2 Å². The van der Waals surface area contributed by atoms with E-state index in [9.17, 15) is 0 Å². The Balaban J connectivity index is 0.00000288. The Morgan fingerprint density at radius 2 is 1.54 bits per heavy atom. The molecule has 24 heavy (non-hydrogen) atoms. The molecule has 2 aromatic carbocycles. The molecule has 0 heterocycles. The van der Waals surface area contributed by atoms with Crippen molar-refractivity contribution in [2.45, 2.75) is 12.8 Å². The Labute approximate surface area is 161 Å². The van der Waals surface area contributed by atoms with E-state index in [0.29, 0.717) is 0 Å². The predicted molar refractivity (Wildman–Crippen MR) is 112 cm³/mol. The van der Waals surface area contributed by atoms with Crippen LogP contribution in [-0.4, -0.2) is 33.2 Å². The number of halogens is 1. The number of ether oxygens (including phenoxy) is 1. The van der Waals surface area contributed by atoms with Crippen molar-refractivity contribution in [3.63, 3.8) is 0 Å². The van der Waals surface area contributed by atoms with Gasteiger partial charge in [0.2, 0.25) is 0 Å². The van der Waals surface area contributed by atoms with Gasteiger partial charge in [-0.2, -0.15) is 0 Å². The van der Waals surface area contributed by atoms with Gasteiger partial charge in [-0.1, -0.05) is 48.5 Å². The van der Waals surface area contributed by atoms with Crippen LogP contribution in [0.25, 0.3) is 0 Å². The number of rotatable bonds is 7. The zero-order chi connectivity index (χ0) is 16.3. The van der Waals surface area contributed by atoms with E-state index in [0.717, 1.165) is 37.6 Å². The van der Waals surface area contributed by atoms with Gasteiger partial charge < -0.3 is 15.4 Å². The minimum Gasteiger partial charge on any atom is -0.496 e. The molecule has 2 aromatic rings. The molecular weight excluding hydrogens is 413 g/mol. The summed E-state index contributed by atoms with van der Waals surface area (Å²) in [7, 11) is 3.50. The van der Waals surface area contributed by atoms with Crippen LogP contribution in [0.5, 0.6) is 5.75 Å². The van der Waals surface area contributed by atoms with E-state index < -0.39 is 0 Å². The molecule has 0 aliphatic carbocycles. The second-order valence-electron chi connectivity index (χ2n) is 5.22. The first-order chi connectivity index (χ1) is 11.3. The van der Waals surface area contributed by atoms with Crippen molar-refractivity contribution in [1.29, 1.82) is 0 Å². The van der Waals surface area contributed by atoms with Gasteiger partial charge in [0.25, 0.3) is 0 Å². The van der Waals surface area contributed by atoms with Gasteiger partial charge in [-0.3, -0.25) is 4.99 Å². The van der Waals surface area contributed by atoms with E-state index in [-0.39, 0.29) is 24.0 Å². The fraction of sp³-hybridized carbons (Fsp3) is 0.316. The maximum atomic E-state index is 5.37. The lowest BCUT2D eigenvalue weighted by Crippen LogP contribution is -2.39. The third-order valence-corrected chi connectivity index (χ3v) is 3.65. The number of aliphatic imine (C=N–C) groups is 1. The Morgan fingerprint density at radius 1 is 0.917 bits per heavy atom. The van der Waals surface area contributed by atoms with Crippen molar-refractivity contribution in [3.8, 4) is 5.75 Å². The summed E-state index contributed by atoms with van der Waals surface area (Å²) in [5.41, 5.74) is 2.52. The van der Waals surface area contributed by atoms with Gasteiger partial charge in [0.05, 0.1) is 7.11 Å². The van der Waals surface area contributed by atoms with Crippen LogP contribution in [-0.2, 0) is 12.8 Å². The van der Waals surface area contributed by atoms with Crippen LogP contribution in [0.1, 0.15) is 11.1 Å². The van der Waals surface area contributed by atoms with Crippen LogP contribution in [0.15, 0.2) is 59.6 Å². The first-order valence-electron chi connectivity index (χ1n) is 7.94. The van der Waals surface area contributed by atoms with Crippen molar-refractivity contribution >= 4 is 29.9 Å². The van der Waals surface area contributed by atoms with E-state index in [2.05, 4.69) is 46.0 Å². The summed E-state index contributed by atoms with van der Waals surface area (Å²) in [5, 5.41) is 6.68. The summed E-state index contributed by atoms with van der Waals surface area (Å²) in [5.74, 6) is 1.76. The molecule has 0 aromatic heterocycles. The summed E-state index contributed by atoms with van der Waals surface area (Å²) in [4.78, 5) is 4.26. The molecule has 0 unspecified atom stereocenters. The zero-order valence-electron chi connectivity index (χ0n) is 14.3. The number of methoxy groups -OCH3 is 1. The predicted octanol–water partition coefficient (Wildman–Crippen LogP) is 3.26. The van der Waals surface area contributed by atoms with E-state index in [1.165, 1.54) is 11.1 Å². The zero-order valence-corrected chi connectivity index (χ0v) is 16.6. The molecule has 0 saturated carbocycles. The summed E-state index contributed by atoms with van der Waals surface area (Å²) >= 11 is 0. The summed E-state index contributed by atoms with van der Waals surface area (Å²) in [6, 6.07) is 18.5. The molecule has 130 valence electrons. The number of nitrogens with one attached hydrogen (secondary N) is 2. The normalized spacial score (nSPS) is 10.7. The highest BCUT2D eigenvalue weighted by Gasteiger charge is 2.02. The number of nitrogens with zero attached hydrogens (tertiary/aromatic N) is 1. The highest BCUT2D eigenvalue weighted by atomic mass is 127. The van der Waals surface area contributed by atoms with Gasteiger partial charge in [0.15, 0.2) is 5.96 Å². The molecule has 0 atom stereocenters. The van der Waals surface area contributed by atoms with Gasteiger partial charge in [-0.15, -0.1) is 24.0 Å². The SMILES string of the molecule is CN=C(NCCc1ccccc1)NCCc1ccccc1OC.I. The highest BCUT2D eigenvalue weighted by molar-refractivity contribution is 14.0. The van der Waals surface area contributed by atoms with Crippen LogP contribution in [0.4, 0.5) is 0 Å². The molecule has 0 fully saturated rings. The topological polar surface area (TPSA) is 45.7 Å². The highest BCUT2D eigenvalue weighted by Crippen LogP contribution is 2.17. The van der Waals surface area contributed by atoms with Crippen LogP contribution in [0.2, 0.25) is 0 Å². The maximum absolute atomic E-state index is 5.37. The molecule has 0 aliphatic rings. The van der Waals surface area contributed by atoms with Crippen LogP contribution in [0.3, 0.4) is 0 Å². The van der Waals surface area contributed by atoms with Gasteiger partial charge >= 0.3 is 0 Å². The molecule has 0 bridgehead atoms. The fourth-order valence-electron chi connectivity index (χ4n) is 2.42. The lowest BCUT2D eigenvalue weighted by molar-refractivity contribution is 0.409. The minimum atomic E-state index is 0. The first-order valence-corrected chi connectivity index (χ1v) is 7.94. The minimum absolute atomic E-state index is 0. The molecule has 0 spiro atoms. The summed E-state index contributed by atoms with van der Waals surface area (Å²) < 4.78 is 5.37. The van der Waals surface area contributed by atoms with Crippen molar-refractivity contribution < 1.29 is 4.74 Å². The number of para-hydroxylation sites is 1. The fourth-order valence-corrected chi connectivity index (χ4v) is 2.42. The molecule has 4 nitrogen and oxygen atoms in total. The molecule has 0 amide bonds. The van der Waals surface area contributed by atoms with Crippen LogP contribution in [0, 0.1) is 0 Å². The van der Waals surface area contributed by atoms with E-state index >= 15 is 0 Å². The van der Waals surface area contributed by atoms with Crippen LogP contribution >= 0.6 is 24.0 Å². The molecule has 0 aliphatic heterocycles. The third kappa shape index (κ3) is 6.78. The van der Waals surface area contributed by atoms with Gasteiger partial charge in [0.1, 0.15) is 5.75 Å². The first kappa shape index (κ1) is 20.3. The lowest BCUT2D eigenvalue weighted by Gasteiger charge is -2.13. The average Bonchev–Trinajstić information content (AvgIpc) is 2.61.